The van der Waals surface area contributed by atoms with Gasteiger partial charge >= 0.3 is 5.97 Å². The molecule has 2 rings (SSSR count). The molecule has 1 aliphatic rings. The second-order valence-electron chi connectivity index (χ2n) is 3.48. The number of carbonyl (C=O) groups is 1. The number of rotatable bonds is 1. The number of ether oxygens (including phenoxy) is 3. The SMILES string of the molecule is COC(=O)c1cc2c(c(C)c1N)OCCO2. The molecule has 0 saturated carbocycles. The van der Waals surface area contributed by atoms with Crippen molar-refractivity contribution in [2.75, 3.05) is 26.1 Å². The van der Waals surface area contributed by atoms with E-state index >= 15 is 0 Å². The molecule has 5 nitrogen and oxygen atoms in total. The van der Waals surface area contributed by atoms with Crippen LogP contribution < -0.4 is 15.2 Å². The fourth-order valence-corrected chi connectivity index (χ4v) is 1.64. The lowest BCUT2D eigenvalue weighted by Crippen LogP contribution is -2.18. The number of benzene rings is 1. The van der Waals surface area contributed by atoms with Crippen LogP contribution in [0.3, 0.4) is 0 Å². The van der Waals surface area contributed by atoms with Crippen molar-refractivity contribution in [3.05, 3.63) is 17.2 Å². The molecule has 1 aromatic rings. The minimum absolute atomic E-state index is 0.309. The summed E-state index contributed by atoms with van der Waals surface area (Å²) in [5.41, 5.74) is 7.23. The number of carbonyl (C=O) groups excluding carboxylic acids is 1. The van der Waals surface area contributed by atoms with E-state index in [-0.39, 0.29) is 0 Å². The first kappa shape index (κ1) is 10.6. The summed E-state index contributed by atoms with van der Waals surface area (Å²) in [7, 11) is 1.31. The third kappa shape index (κ3) is 1.54. The summed E-state index contributed by atoms with van der Waals surface area (Å²) in [4.78, 5) is 11.5. The number of anilines is 1. The molecule has 0 aromatic heterocycles. The van der Waals surface area contributed by atoms with Gasteiger partial charge < -0.3 is 19.9 Å². The Kier molecular flexibility index (Phi) is 2.60. The Labute approximate surface area is 93.1 Å². The number of nitrogen functional groups attached to an aromatic ring is 1. The van der Waals surface area contributed by atoms with E-state index in [0.717, 1.165) is 0 Å². The second-order valence-corrected chi connectivity index (χ2v) is 3.48. The van der Waals surface area contributed by atoms with Gasteiger partial charge in [-0.25, -0.2) is 4.79 Å². The van der Waals surface area contributed by atoms with Crippen molar-refractivity contribution >= 4 is 11.7 Å². The van der Waals surface area contributed by atoms with Crippen LogP contribution in [-0.4, -0.2) is 26.3 Å². The summed E-state index contributed by atoms with van der Waals surface area (Å²) >= 11 is 0. The molecule has 1 aliphatic heterocycles. The molecule has 0 spiro atoms. The molecule has 0 amide bonds. The summed E-state index contributed by atoms with van der Waals surface area (Å²) in [5, 5.41) is 0. The molecule has 0 radical (unpaired) electrons. The van der Waals surface area contributed by atoms with Crippen LogP contribution in [0.1, 0.15) is 15.9 Å². The zero-order valence-electron chi connectivity index (χ0n) is 9.20. The molecule has 0 atom stereocenters. The van der Waals surface area contributed by atoms with Crippen molar-refractivity contribution in [3.8, 4) is 11.5 Å². The van der Waals surface area contributed by atoms with Crippen LogP contribution >= 0.6 is 0 Å². The van der Waals surface area contributed by atoms with Crippen LogP contribution in [0.4, 0.5) is 5.69 Å². The average Bonchev–Trinajstić information content (AvgIpc) is 2.33. The molecular weight excluding hydrogens is 210 g/mol. The van der Waals surface area contributed by atoms with Crippen LogP contribution in [0, 0.1) is 6.92 Å². The van der Waals surface area contributed by atoms with Crippen LogP contribution in [0.15, 0.2) is 6.07 Å². The van der Waals surface area contributed by atoms with E-state index < -0.39 is 5.97 Å². The van der Waals surface area contributed by atoms with Gasteiger partial charge in [-0.05, 0) is 6.92 Å². The summed E-state index contributed by atoms with van der Waals surface area (Å²) in [6.07, 6.45) is 0. The average molecular weight is 223 g/mol. The van der Waals surface area contributed by atoms with Gasteiger partial charge in [0.1, 0.15) is 13.2 Å². The molecular formula is C11H13NO4. The lowest BCUT2D eigenvalue weighted by molar-refractivity contribution is 0.0600. The van der Waals surface area contributed by atoms with Gasteiger partial charge in [0.05, 0.1) is 18.4 Å². The van der Waals surface area contributed by atoms with Crippen molar-refractivity contribution in [3.63, 3.8) is 0 Å². The van der Waals surface area contributed by atoms with Crippen molar-refractivity contribution in [2.45, 2.75) is 6.92 Å². The Bertz CT molecular complexity index is 442. The minimum atomic E-state index is -0.474. The largest absolute Gasteiger partial charge is 0.486 e. The van der Waals surface area contributed by atoms with E-state index in [1.54, 1.807) is 13.0 Å². The zero-order chi connectivity index (χ0) is 11.7. The molecule has 1 aromatic carbocycles. The Balaban J connectivity index is 2.57. The van der Waals surface area contributed by atoms with E-state index in [1.165, 1.54) is 7.11 Å². The Morgan fingerprint density at radius 1 is 1.44 bits per heavy atom. The smallest absolute Gasteiger partial charge is 0.340 e. The fraction of sp³-hybridized carbons (Fsp3) is 0.364. The van der Waals surface area contributed by atoms with Gasteiger partial charge in [-0.1, -0.05) is 0 Å². The summed E-state index contributed by atoms with van der Waals surface area (Å²) in [6, 6.07) is 1.56. The first-order valence-electron chi connectivity index (χ1n) is 4.92. The molecule has 1 heterocycles. The number of hydrogen-bond donors (Lipinski definition) is 1. The Morgan fingerprint density at radius 3 is 2.81 bits per heavy atom. The number of fused-ring (bicyclic) bond motifs is 1. The summed E-state index contributed by atoms with van der Waals surface area (Å²) < 4.78 is 15.5. The lowest BCUT2D eigenvalue weighted by Gasteiger charge is -2.22. The van der Waals surface area contributed by atoms with E-state index in [2.05, 4.69) is 4.74 Å². The number of methoxy groups -OCH3 is 1. The summed E-state index contributed by atoms with van der Waals surface area (Å²) in [5.74, 6) is 0.673. The van der Waals surface area contributed by atoms with Crippen molar-refractivity contribution in [2.24, 2.45) is 0 Å². The molecule has 0 unspecified atom stereocenters. The maximum Gasteiger partial charge on any atom is 0.340 e. The number of esters is 1. The van der Waals surface area contributed by atoms with Crippen molar-refractivity contribution in [1.82, 2.24) is 0 Å². The standard InChI is InChI=1S/C11H13NO4/c1-6-9(12)7(11(13)14-2)5-8-10(6)16-4-3-15-8/h5H,3-4,12H2,1-2H3. The van der Waals surface area contributed by atoms with Crippen LogP contribution in [0.5, 0.6) is 11.5 Å². The molecule has 86 valence electrons. The Hall–Kier alpha value is -1.91. The Morgan fingerprint density at radius 2 is 2.12 bits per heavy atom. The highest BCUT2D eigenvalue weighted by Crippen LogP contribution is 2.39. The van der Waals surface area contributed by atoms with Crippen LogP contribution in [-0.2, 0) is 4.74 Å². The quantitative estimate of drug-likeness (QED) is 0.571. The molecule has 0 fully saturated rings. The van der Waals surface area contributed by atoms with Gasteiger partial charge in [-0.2, -0.15) is 0 Å². The maximum absolute atomic E-state index is 11.5. The second kappa shape index (κ2) is 3.92. The molecule has 2 N–H and O–H groups in total. The highest BCUT2D eigenvalue weighted by Gasteiger charge is 2.22. The molecule has 16 heavy (non-hydrogen) atoms. The third-order valence-electron chi connectivity index (χ3n) is 2.53. The van der Waals surface area contributed by atoms with Gasteiger partial charge in [0.2, 0.25) is 0 Å². The number of hydrogen-bond acceptors (Lipinski definition) is 5. The zero-order valence-corrected chi connectivity index (χ0v) is 9.20. The van der Waals surface area contributed by atoms with Gasteiger partial charge in [-0.15, -0.1) is 0 Å². The van der Waals surface area contributed by atoms with Gasteiger partial charge in [0, 0.05) is 11.6 Å². The van der Waals surface area contributed by atoms with Gasteiger partial charge in [0.25, 0.3) is 0 Å². The monoisotopic (exact) mass is 223 g/mol. The molecule has 5 heteroatoms. The molecule has 0 aliphatic carbocycles. The van der Waals surface area contributed by atoms with E-state index in [0.29, 0.717) is 41.5 Å². The highest BCUT2D eigenvalue weighted by molar-refractivity contribution is 5.97. The fourth-order valence-electron chi connectivity index (χ4n) is 1.64. The predicted octanol–water partition coefficient (Wildman–Crippen LogP) is 1.14. The van der Waals surface area contributed by atoms with Crippen LogP contribution in [0.25, 0.3) is 0 Å². The summed E-state index contributed by atoms with van der Waals surface area (Å²) in [6.45, 7) is 2.75. The van der Waals surface area contributed by atoms with E-state index in [4.69, 9.17) is 15.2 Å². The first-order chi connectivity index (χ1) is 7.65. The van der Waals surface area contributed by atoms with E-state index in [9.17, 15) is 4.79 Å². The molecule has 0 bridgehead atoms. The van der Waals surface area contributed by atoms with Crippen LogP contribution in [0.2, 0.25) is 0 Å². The lowest BCUT2D eigenvalue weighted by atomic mass is 10.1. The predicted molar refractivity (Wildman–Crippen MR) is 57.9 cm³/mol. The first-order valence-corrected chi connectivity index (χ1v) is 4.92. The minimum Gasteiger partial charge on any atom is -0.486 e. The van der Waals surface area contributed by atoms with Crippen molar-refractivity contribution in [1.29, 1.82) is 0 Å². The topological polar surface area (TPSA) is 70.8 Å². The molecule has 0 saturated heterocycles. The maximum atomic E-state index is 11.5. The highest BCUT2D eigenvalue weighted by atomic mass is 16.6. The van der Waals surface area contributed by atoms with E-state index in [1.807, 2.05) is 0 Å². The van der Waals surface area contributed by atoms with Gasteiger partial charge in [0.15, 0.2) is 11.5 Å². The van der Waals surface area contributed by atoms with Gasteiger partial charge in [-0.3, -0.25) is 0 Å². The normalized spacial score (nSPS) is 13.4. The van der Waals surface area contributed by atoms with Crippen molar-refractivity contribution < 1.29 is 19.0 Å². The third-order valence-corrected chi connectivity index (χ3v) is 2.53. The number of nitrogens with two attached hydrogens (primary N) is 1.